The van der Waals surface area contributed by atoms with E-state index in [1.54, 1.807) is 0 Å². The Bertz CT molecular complexity index is 408. The van der Waals surface area contributed by atoms with Gasteiger partial charge < -0.3 is 10.3 Å². The lowest BCUT2D eigenvalue weighted by molar-refractivity contribution is 0.564. The van der Waals surface area contributed by atoms with Crippen molar-refractivity contribution in [3.8, 4) is 0 Å². The summed E-state index contributed by atoms with van der Waals surface area (Å²) in [6.45, 7) is 2.14. The maximum Gasteiger partial charge on any atom is 0.227 e. The van der Waals surface area contributed by atoms with Gasteiger partial charge in [0.2, 0.25) is 5.95 Å². The van der Waals surface area contributed by atoms with Gasteiger partial charge in [0, 0.05) is 18.7 Å². The van der Waals surface area contributed by atoms with Gasteiger partial charge in [-0.15, -0.1) is 0 Å². The van der Waals surface area contributed by atoms with E-state index in [1.165, 1.54) is 43.4 Å². The van der Waals surface area contributed by atoms with E-state index in [-0.39, 0.29) is 0 Å². The molecular weight excluding hydrogens is 226 g/mol. The molecule has 0 spiro atoms. The lowest BCUT2D eigenvalue weighted by Crippen LogP contribution is -2.32. The predicted octanol–water partition coefficient (Wildman–Crippen LogP) is 1.63. The number of aromatic nitrogens is 2. The van der Waals surface area contributed by atoms with Gasteiger partial charge >= 0.3 is 0 Å². The van der Waals surface area contributed by atoms with Crippen molar-refractivity contribution < 1.29 is 0 Å². The second-order valence-corrected chi connectivity index (χ2v) is 5.20. The fourth-order valence-electron chi connectivity index (χ4n) is 2.94. The molecule has 1 aliphatic carbocycles. The van der Waals surface area contributed by atoms with Crippen molar-refractivity contribution in [3.63, 3.8) is 0 Å². The highest BCUT2D eigenvalue weighted by molar-refractivity contribution is 5.51. The number of rotatable bonds is 2. The molecule has 3 N–H and O–H groups in total. The van der Waals surface area contributed by atoms with Gasteiger partial charge in [-0.2, -0.15) is 4.98 Å². The van der Waals surface area contributed by atoms with E-state index in [0.717, 1.165) is 37.7 Å². The molecule has 0 bridgehead atoms. The lowest BCUT2D eigenvalue weighted by Gasteiger charge is -2.28. The standard InChI is InChI=1S/C13H21N5/c14-17-12-10-6-2-3-7-11(10)15-13(16-12)18-8-4-1-5-9-18/h1-9,14H2,(H,15,16,17). The highest BCUT2D eigenvalue weighted by Gasteiger charge is 2.20. The van der Waals surface area contributed by atoms with Gasteiger partial charge in [-0.1, -0.05) is 0 Å². The van der Waals surface area contributed by atoms with Crippen LogP contribution in [0.15, 0.2) is 0 Å². The molecule has 0 radical (unpaired) electrons. The summed E-state index contributed by atoms with van der Waals surface area (Å²) in [5.41, 5.74) is 5.18. The molecule has 5 nitrogen and oxygen atoms in total. The topological polar surface area (TPSA) is 67.1 Å². The summed E-state index contributed by atoms with van der Waals surface area (Å²) in [7, 11) is 0. The predicted molar refractivity (Wildman–Crippen MR) is 72.5 cm³/mol. The van der Waals surface area contributed by atoms with Gasteiger partial charge in [-0.25, -0.2) is 10.8 Å². The van der Waals surface area contributed by atoms with Gasteiger partial charge in [-0.3, -0.25) is 0 Å². The van der Waals surface area contributed by atoms with Crippen LogP contribution >= 0.6 is 0 Å². The van der Waals surface area contributed by atoms with E-state index in [2.05, 4.69) is 15.3 Å². The van der Waals surface area contributed by atoms with Crippen LogP contribution in [0.4, 0.5) is 11.8 Å². The maximum atomic E-state index is 5.61. The van der Waals surface area contributed by atoms with Crippen molar-refractivity contribution in [1.29, 1.82) is 0 Å². The summed E-state index contributed by atoms with van der Waals surface area (Å²) in [6.07, 6.45) is 8.37. The molecule has 1 aromatic rings. The normalized spacial score (nSPS) is 19.5. The maximum absolute atomic E-state index is 5.61. The highest BCUT2D eigenvalue weighted by Crippen LogP contribution is 2.28. The van der Waals surface area contributed by atoms with Gasteiger partial charge in [0.05, 0.1) is 5.69 Å². The molecule has 0 saturated carbocycles. The quantitative estimate of drug-likeness (QED) is 0.614. The Balaban J connectivity index is 1.94. The average molecular weight is 247 g/mol. The number of anilines is 2. The van der Waals surface area contributed by atoms with Crippen LogP contribution in [-0.2, 0) is 12.8 Å². The first kappa shape index (κ1) is 11.7. The summed E-state index contributed by atoms with van der Waals surface area (Å²) < 4.78 is 0. The summed E-state index contributed by atoms with van der Waals surface area (Å²) in [6, 6.07) is 0. The van der Waals surface area contributed by atoms with E-state index in [0.29, 0.717) is 0 Å². The largest absolute Gasteiger partial charge is 0.341 e. The molecule has 2 aliphatic rings. The molecule has 3 rings (SSSR count). The zero-order valence-electron chi connectivity index (χ0n) is 10.8. The molecule has 0 amide bonds. The Kier molecular flexibility index (Phi) is 3.32. The monoisotopic (exact) mass is 247 g/mol. The first-order valence-electron chi connectivity index (χ1n) is 7.00. The number of hydrogen-bond donors (Lipinski definition) is 2. The molecule has 1 aromatic heterocycles. The third-order valence-corrected chi connectivity index (χ3v) is 3.95. The van der Waals surface area contributed by atoms with Gasteiger partial charge in [0.1, 0.15) is 5.82 Å². The molecule has 18 heavy (non-hydrogen) atoms. The van der Waals surface area contributed by atoms with Crippen LogP contribution < -0.4 is 16.2 Å². The third-order valence-electron chi connectivity index (χ3n) is 3.95. The van der Waals surface area contributed by atoms with Crippen molar-refractivity contribution >= 4 is 11.8 Å². The Morgan fingerprint density at radius 3 is 2.50 bits per heavy atom. The van der Waals surface area contributed by atoms with Gasteiger partial charge in [-0.05, 0) is 44.9 Å². The van der Waals surface area contributed by atoms with Crippen LogP contribution in [0.2, 0.25) is 0 Å². The minimum Gasteiger partial charge on any atom is -0.341 e. The fourth-order valence-corrected chi connectivity index (χ4v) is 2.94. The average Bonchev–Trinajstić information content (AvgIpc) is 2.47. The minimum absolute atomic E-state index is 0.834. The number of hydrogen-bond acceptors (Lipinski definition) is 5. The molecular formula is C13H21N5. The van der Waals surface area contributed by atoms with Gasteiger partial charge in [0.15, 0.2) is 0 Å². The van der Waals surface area contributed by atoms with E-state index in [9.17, 15) is 0 Å². The second-order valence-electron chi connectivity index (χ2n) is 5.20. The minimum atomic E-state index is 0.834. The number of piperidine rings is 1. The van der Waals surface area contributed by atoms with E-state index in [1.807, 2.05) is 0 Å². The summed E-state index contributed by atoms with van der Waals surface area (Å²) >= 11 is 0. The van der Waals surface area contributed by atoms with Crippen molar-refractivity contribution in [2.24, 2.45) is 5.84 Å². The zero-order chi connectivity index (χ0) is 12.4. The molecule has 5 heteroatoms. The SMILES string of the molecule is NNc1nc(N2CCCCC2)nc2c1CCCC2. The van der Waals surface area contributed by atoms with Crippen LogP contribution in [-0.4, -0.2) is 23.1 Å². The number of nitrogens with zero attached hydrogens (tertiary/aromatic N) is 3. The van der Waals surface area contributed by atoms with Crippen molar-refractivity contribution in [3.05, 3.63) is 11.3 Å². The number of aryl methyl sites for hydroxylation is 1. The van der Waals surface area contributed by atoms with E-state index < -0.39 is 0 Å². The Hall–Kier alpha value is -1.36. The molecule has 1 fully saturated rings. The van der Waals surface area contributed by atoms with Crippen molar-refractivity contribution in [1.82, 2.24) is 9.97 Å². The number of nitrogens with two attached hydrogens (primary N) is 1. The highest BCUT2D eigenvalue weighted by atomic mass is 15.3. The molecule has 0 aromatic carbocycles. The second kappa shape index (κ2) is 5.10. The molecule has 98 valence electrons. The first-order chi connectivity index (χ1) is 8.88. The number of hydrazine groups is 1. The summed E-state index contributed by atoms with van der Waals surface area (Å²) in [5, 5.41) is 0. The van der Waals surface area contributed by atoms with Crippen LogP contribution in [0.3, 0.4) is 0 Å². The molecule has 1 aliphatic heterocycles. The number of fused-ring (bicyclic) bond motifs is 1. The van der Waals surface area contributed by atoms with Crippen LogP contribution in [0, 0.1) is 0 Å². The number of nitrogens with one attached hydrogen (secondary N) is 1. The first-order valence-corrected chi connectivity index (χ1v) is 7.00. The number of nitrogen functional groups attached to an aromatic ring is 1. The molecule has 2 heterocycles. The fraction of sp³-hybridized carbons (Fsp3) is 0.692. The van der Waals surface area contributed by atoms with E-state index >= 15 is 0 Å². The lowest BCUT2D eigenvalue weighted by atomic mass is 9.96. The Morgan fingerprint density at radius 2 is 1.72 bits per heavy atom. The van der Waals surface area contributed by atoms with E-state index in [4.69, 9.17) is 10.8 Å². The Labute approximate surface area is 108 Å². The third kappa shape index (κ3) is 2.14. The van der Waals surface area contributed by atoms with Crippen LogP contribution in [0.5, 0.6) is 0 Å². The zero-order valence-corrected chi connectivity index (χ0v) is 10.8. The molecule has 0 unspecified atom stereocenters. The summed E-state index contributed by atoms with van der Waals surface area (Å²) in [4.78, 5) is 11.7. The summed E-state index contributed by atoms with van der Waals surface area (Å²) in [5.74, 6) is 7.31. The van der Waals surface area contributed by atoms with Crippen molar-refractivity contribution in [2.45, 2.75) is 44.9 Å². The van der Waals surface area contributed by atoms with Gasteiger partial charge in [0.25, 0.3) is 0 Å². The van der Waals surface area contributed by atoms with Crippen LogP contribution in [0.25, 0.3) is 0 Å². The molecule has 1 saturated heterocycles. The van der Waals surface area contributed by atoms with Crippen LogP contribution in [0.1, 0.15) is 43.4 Å². The van der Waals surface area contributed by atoms with Crippen molar-refractivity contribution in [2.75, 3.05) is 23.4 Å². The molecule has 0 atom stereocenters. The Morgan fingerprint density at radius 1 is 0.944 bits per heavy atom. The smallest absolute Gasteiger partial charge is 0.227 e.